The van der Waals surface area contributed by atoms with E-state index in [1.165, 1.54) is 11.3 Å². The average Bonchev–Trinajstić information content (AvgIpc) is 2.92. The van der Waals surface area contributed by atoms with Crippen molar-refractivity contribution in [3.63, 3.8) is 0 Å². The number of aryl methyl sites for hydroxylation is 1. The summed E-state index contributed by atoms with van der Waals surface area (Å²) in [6.45, 7) is 9.08. The van der Waals surface area contributed by atoms with Gasteiger partial charge in [0, 0.05) is 24.3 Å². The summed E-state index contributed by atoms with van der Waals surface area (Å²) in [5, 5.41) is 8.01. The van der Waals surface area contributed by atoms with Crippen molar-refractivity contribution in [1.29, 1.82) is 0 Å². The molecule has 0 spiro atoms. The SMILES string of the molecule is CNC(Cn1nc(C)c(C)c1C)C1CCOC1. The van der Waals surface area contributed by atoms with Crippen molar-refractivity contribution in [3.8, 4) is 0 Å². The van der Waals surface area contributed by atoms with E-state index >= 15 is 0 Å². The van der Waals surface area contributed by atoms with E-state index in [1.54, 1.807) is 0 Å². The van der Waals surface area contributed by atoms with Gasteiger partial charge in [-0.1, -0.05) is 0 Å². The molecular formula is C13H23N3O. The molecule has 2 rings (SSSR count). The molecule has 17 heavy (non-hydrogen) atoms. The minimum absolute atomic E-state index is 0.454. The van der Waals surface area contributed by atoms with Crippen molar-refractivity contribution >= 4 is 0 Å². The molecule has 0 aliphatic carbocycles. The lowest BCUT2D eigenvalue weighted by Crippen LogP contribution is -2.38. The van der Waals surface area contributed by atoms with Gasteiger partial charge in [-0.3, -0.25) is 4.68 Å². The van der Waals surface area contributed by atoms with E-state index < -0.39 is 0 Å². The molecule has 96 valence electrons. The van der Waals surface area contributed by atoms with Crippen LogP contribution in [0.4, 0.5) is 0 Å². The molecule has 1 aromatic rings. The number of rotatable bonds is 4. The van der Waals surface area contributed by atoms with Crippen molar-refractivity contribution in [3.05, 3.63) is 17.0 Å². The molecule has 4 nitrogen and oxygen atoms in total. The van der Waals surface area contributed by atoms with Gasteiger partial charge in [-0.2, -0.15) is 5.10 Å². The van der Waals surface area contributed by atoms with Crippen LogP contribution in [0.25, 0.3) is 0 Å². The Morgan fingerprint density at radius 1 is 1.47 bits per heavy atom. The standard InChI is InChI=1S/C13H23N3O/c1-9-10(2)15-16(11(9)3)7-13(14-4)12-5-6-17-8-12/h12-14H,5-8H2,1-4H3. The minimum Gasteiger partial charge on any atom is -0.381 e. The van der Waals surface area contributed by atoms with E-state index in [0.717, 1.165) is 31.9 Å². The third kappa shape index (κ3) is 2.53. The zero-order chi connectivity index (χ0) is 12.4. The van der Waals surface area contributed by atoms with Crippen molar-refractivity contribution in [2.45, 2.75) is 39.8 Å². The van der Waals surface area contributed by atoms with Gasteiger partial charge in [-0.05, 0) is 39.8 Å². The van der Waals surface area contributed by atoms with Gasteiger partial charge in [0.15, 0.2) is 0 Å². The molecule has 0 amide bonds. The predicted octanol–water partition coefficient (Wildman–Crippen LogP) is 1.43. The minimum atomic E-state index is 0.454. The van der Waals surface area contributed by atoms with Gasteiger partial charge in [0.1, 0.15) is 0 Å². The first-order chi connectivity index (χ1) is 8.13. The summed E-state index contributed by atoms with van der Waals surface area (Å²) in [6, 6.07) is 0.454. The van der Waals surface area contributed by atoms with Gasteiger partial charge in [0.05, 0.1) is 18.8 Å². The summed E-state index contributed by atoms with van der Waals surface area (Å²) in [4.78, 5) is 0. The molecule has 1 fully saturated rings. The number of nitrogens with one attached hydrogen (secondary N) is 1. The number of hydrogen-bond acceptors (Lipinski definition) is 3. The maximum Gasteiger partial charge on any atom is 0.0625 e. The van der Waals surface area contributed by atoms with Crippen LogP contribution in [0.5, 0.6) is 0 Å². The van der Waals surface area contributed by atoms with Crippen molar-refractivity contribution in [2.24, 2.45) is 5.92 Å². The topological polar surface area (TPSA) is 39.1 Å². The van der Waals surface area contributed by atoms with Crippen LogP contribution in [-0.4, -0.2) is 36.1 Å². The maximum atomic E-state index is 5.47. The summed E-state index contributed by atoms with van der Waals surface area (Å²) in [7, 11) is 2.03. The summed E-state index contributed by atoms with van der Waals surface area (Å²) in [5.74, 6) is 0.615. The van der Waals surface area contributed by atoms with E-state index in [-0.39, 0.29) is 0 Å². The fourth-order valence-electron chi connectivity index (χ4n) is 2.50. The Kier molecular flexibility index (Phi) is 3.84. The molecule has 0 bridgehead atoms. The molecular weight excluding hydrogens is 214 g/mol. The smallest absolute Gasteiger partial charge is 0.0625 e. The second-order valence-electron chi connectivity index (χ2n) is 5.00. The van der Waals surface area contributed by atoms with Crippen LogP contribution in [0.2, 0.25) is 0 Å². The molecule has 0 aromatic carbocycles. The molecule has 1 aliphatic heterocycles. The number of ether oxygens (including phenoxy) is 1. The number of hydrogen-bond donors (Lipinski definition) is 1. The second-order valence-corrected chi connectivity index (χ2v) is 5.00. The van der Waals surface area contributed by atoms with Crippen LogP contribution in [-0.2, 0) is 11.3 Å². The Morgan fingerprint density at radius 3 is 2.71 bits per heavy atom. The van der Waals surface area contributed by atoms with Crippen LogP contribution in [0.15, 0.2) is 0 Å². The Hall–Kier alpha value is -0.870. The van der Waals surface area contributed by atoms with Gasteiger partial charge >= 0.3 is 0 Å². The number of aromatic nitrogens is 2. The van der Waals surface area contributed by atoms with E-state index in [1.807, 2.05) is 7.05 Å². The lowest BCUT2D eigenvalue weighted by molar-refractivity contribution is 0.174. The third-order valence-electron chi connectivity index (χ3n) is 4.02. The molecule has 1 aliphatic rings. The van der Waals surface area contributed by atoms with E-state index in [9.17, 15) is 0 Å². The van der Waals surface area contributed by atoms with E-state index in [0.29, 0.717) is 12.0 Å². The Balaban J connectivity index is 2.09. The Morgan fingerprint density at radius 2 is 2.24 bits per heavy atom. The van der Waals surface area contributed by atoms with Crippen LogP contribution in [0.3, 0.4) is 0 Å². The fraction of sp³-hybridized carbons (Fsp3) is 0.769. The normalized spacial score (nSPS) is 22.0. The summed E-state index contributed by atoms with van der Waals surface area (Å²) < 4.78 is 7.60. The van der Waals surface area contributed by atoms with Crippen LogP contribution < -0.4 is 5.32 Å². The van der Waals surface area contributed by atoms with E-state index in [2.05, 4.69) is 35.9 Å². The summed E-state index contributed by atoms with van der Waals surface area (Å²) in [6.07, 6.45) is 1.16. The molecule has 1 saturated heterocycles. The predicted molar refractivity (Wildman–Crippen MR) is 68.2 cm³/mol. The number of likely N-dealkylation sites (N-methyl/N-ethyl adjacent to an activating group) is 1. The Bertz CT molecular complexity index is 380. The highest BCUT2D eigenvalue weighted by molar-refractivity contribution is 5.22. The fourth-order valence-corrected chi connectivity index (χ4v) is 2.50. The largest absolute Gasteiger partial charge is 0.381 e. The van der Waals surface area contributed by atoms with E-state index in [4.69, 9.17) is 4.74 Å². The van der Waals surface area contributed by atoms with Gasteiger partial charge in [-0.15, -0.1) is 0 Å². The van der Waals surface area contributed by atoms with Crippen LogP contribution in [0, 0.1) is 26.7 Å². The molecule has 0 radical (unpaired) electrons. The lowest BCUT2D eigenvalue weighted by atomic mass is 9.99. The monoisotopic (exact) mass is 237 g/mol. The molecule has 4 heteroatoms. The van der Waals surface area contributed by atoms with Crippen LogP contribution in [0.1, 0.15) is 23.4 Å². The van der Waals surface area contributed by atoms with Gasteiger partial charge in [0.25, 0.3) is 0 Å². The van der Waals surface area contributed by atoms with Crippen molar-refractivity contribution < 1.29 is 4.74 Å². The van der Waals surface area contributed by atoms with Gasteiger partial charge in [-0.25, -0.2) is 0 Å². The van der Waals surface area contributed by atoms with Crippen LogP contribution >= 0.6 is 0 Å². The maximum absolute atomic E-state index is 5.47. The quantitative estimate of drug-likeness (QED) is 0.861. The second kappa shape index (κ2) is 5.19. The highest BCUT2D eigenvalue weighted by Gasteiger charge is 2.25. The molecule has 2 heterocycles. The van der Waals surface area contributed by atoms with Gasteiger partial charge in [0.2, 0.25) is 0 Å². The van der Waals surface area contributed by atoms with Crippen molar-refractivity contribution in [2.75, 3.05) is 20.3 Å². The lowest BCUT2D eigenvalue weighted by Gasteiger charge is -2.22. The highest BCUT2D eigenvalue weighted by atomic mass is 16.5. The molecule has 1 aromatic heterocycles. The number of nitrogens with zero attached hydrogens (tertiary/aromatic N) is 2. The molecule has 1 N–H and O–H groups in total. The van der Waals surface area contributed by atoms with Crippen molar-refractivity contribution in [1.82, 2.24) is 15.1 Å². The zero-order valence-corrected chi connectivity index (χ0v) is 11.3. The first-order valence-electron chi connectivity index (χ1n) is 6.39. The first-order valence-corrected chi connectivity index (χ1v) is 6.39. The third-order valence-corrected chi connectivity index (χ3v) is 4.02. The zero-order valence-electron chi connectivity index (χ0n) is 11.3. The molecule has 2 atom stereocenters. The summed E-state index contributed by atoms with van der Waals surface area (Å²) >= 11 is 0. The molecule has 2 unspecified atom stereocenters. The Labute approximate surface area is 103 Å². The highest BCUT2D eigenvalue weighted by Crippen LogP contribution is 2.19. The summed E-state index contributed by atoms with van der Waals surface area (Å²) in [5.41, 5.74) is 3.73. The molecule has 0 saturated carbocycles. The average molecular weight is 237 g/mol. The first kappa shape index (κ1) is 12.6. The van der Waals surface area contributed by atoms with Gasteiger partial charge < -0.3 is 10.1 Å².